The van der Waals surface area contributed by atoms with E-state index in [1.807, 2.05) is 0 Å². The average molecular weight is 256 g/mol. The Morgan fingerprint density at radius 3 is 2.63 bits per heavy atom. The van der Waals surface area contributed by atoms with E-state index in [1.54, 1.807) is 0 Å². The predicted molar refractivity (Wildman–Crippen MR) is 80.3 cm³/mol. The summed E-state index contributed by atoms with van der Waals surface area (Å²) in [6.07, 6.45) is 10.1. The Kier molecular flexibility index (Phi) is 3.86. The molecule has 1 unspecified atom stereocenters. The van der Waals surface area contributed by atoms with Crippen LogP contribution in [-0.4, -0.2) is 5.84 Å². The molecule has 19 heavy (non-hydrogen) atoms. The zero-order chi connectivity index (χ0) is 13.1. The minimum atomic E-state index is 0.312. The number of nitrogens with zero attached hydrogens (tertiary/aromatic N) is 1. The van der Waals surface area contributed by atoms with Crippen LogP contribution in [-0.2, 0) is 6.42 Å². The molecule has 0 saturated heterocycles. The third-order valence-corrected chi connectivity index (χ3v) is 4.67. The van der Waals surface area contributed by atoms with Gasteiger partial charge in [0, 0.05) is 5.92 Å². The molecule has 0 radical (unpaired) electrons. The average Bonchev–Trinajstić information content (AvgIpc) is 2.48. The van der Waals surface area contributed by atoms with Crippen molar-refractivity contribution in [1.82, 2.24) is 0 Å². The van der Waals surface area contributed by atoms with Gasteiger partial charge in [-0.25, -0.2) is 0 Å². The van der Waals surface area contributed by atoms with Gasteiger partial charge >= 0.3 is 0 Å². The highest BCUT2D eigenvalue weighted by molar-refractivity contribution is 5.83. The fraction of sp³-hybridized carbons (Fsp3) is 0.588. The summed E-state index contributed by atoms with van der Waals surface area (Å²) in [5.41, 5.74) is 9.17. The van der Waals surface area contributed by atoms with Crippen molar-refractivity contribution in [3.63, 3.8) is 0 Å². The number of aliphatic imine (C=N–C) groups is 1. The molecule has 0 bridgehead atoms. The normalized spacial score (nSPS) is 25.1. The highest BCUT2D eigenvalue weighted by atomic mass is 14.9. The zero-order valence-electron chi connectivity index (χ0n) is 11.6. The van der Waals surface area contributed by atoms with E-state index >= 15 is 0 Å². The van der Waals surface area contributed by atoms with Gasteiger partial charge in [-0.2, -0.15) is 0 Å². The van der Waals surface area contributed by atoms with Crippen LogP contribution in [0, 0.1) is 5.92 Å². The van der Waals surface area contributed by atoms with Gasteiger partial charge in [0.2, 0.25) is 0 Å². The van der Waals surface area contributed by atoms with Crippen molar-refractivity contribution in [3.05, 3.63) is 35.4 Å². The first kappa shape index (κ1) is 12.7. The van der Waals surface area contributed by atoms with Crippen LogP contribution >= 0.6 is 0 Å². The molecular formula is C17H24N2. The second-order valence-electron chi connectivity index (χ2n) is 6.00. The van der Waals surface area contributed by atoms with Crippen LogP contribution in [0.4, 0.5) is 0 Å². The van der Waals surface area contributed by atoms with E-state index in [1.165, 1.54) is 56.1 Å². The van der Waals surface area contributed by atoms with Crippen molar-refractivity contribution < 1.29 is 0 Å². The van der Waals surface area contributed by atoms with Gasteiger partial charge in [-0.1, -0.05) is 43.5 Å². The summed E-state index contributed by atoms with van der Waals surface area (Å²) in [5, 5.41) is 0. The molecule has 2 aliphatic rings. The molecule has 0 aliphatic heterocycles. The van der Waals surface area contributed by atoms with Crippen molar-refractivity contribution in [2.24, 2.45) is 16.6 Å². The molecule has 0 aromatic heterocycles. The minimum absolute atomic E-state index is 0.312. The number of rotatable bonds is 2. The van der Waals surface area contributed by atoms with E-state index in [2.05, 4.69) is 24.3 Å². The third kappa shape index (κ3) is 2.83. The summed E-state index contributed by atoms with van der Waals surface area (Å²) in [5.74, 6) is 1.46. The Bertz CT molecular complexity index is 458. The minimum Gasteiger partial charge on any atom is -0.387 e. The van der Waals surface area contributed by atoms with Crippen molar-refractivity contribution >= 4 is 5.84 Å². The summed E-state index contributed by atoms with van der Waals surface area (Å²) < 4.78 is 0. The van der Waals surface area contributed by atoms with Crippen LogP contribution in [0.2, 0.25) is 0 Å². The van der Waals surface area contributed by atoms with Gasteiger partial charge in [0.15, 0.2) is 0 Å². The Hall–Kier alpha value is -1.31. The molecule has 2 heteroatoms. The lowest BCUT2D eigenvalue weighted by Gasteiger charge is -2.26. The third-order valence-electron chi connectivity index (χ3n) is 4.67. The smallest absolute Gasteiger partial charge is 0.0976 e. The number of hydrogen-bond acceptors (Lipinski definition) is 1. The summed E-state index contributed by atoms with van der Waals surface area (Å²) in [6.45, 7) is 0. The molecule has 2 aliphatic carbocycles. The van der Waals surface area contributed by atoms with Gasteiger partial charge < -0.3 is 5.73 Å². The standard InChI is InChI=1S/C17H24N2/c18-17(14-8-2-1-3-9-14)19-16-12-6-10-13-7-4-5-11-15(13)16/h4-5,7,11,14,16H,1-3,6,8-10,12H2,(H2,18,19). The molecule has 0 spiro atoms. The fourth-order valence-electron chi connectivity index (χ4n) is 3.55. The Morgan fingerprint density at radius 1 is 1.00 bits per heavy atom. The second-order valence-corrected chi connectivity index (χ2v) is 6.00. The van der Waals surface area contributed by atoms with E-state index in [0.717, 1.165) is 12.3 Å². The molecule has 0 amide bonds. The second kappa shape index (κ2) is 5.77. The van der Waals surface area contributed by atoms with Gasteiger partial charge in [-0.05, 0) is 43.2 Å². The lowest BCUT2D eigenvalue weighted by atomic mass is 9.86. The number of fused-ring (bicyclic) bond motifs is 1. The molecular weight excluding hydrogens is 232 g/mol. The first-order valence-electron chi connectivity index (χ1n) is 7.75. The number of aryl methyl sites for hydroxylation is 1. The molecule has 0 heterocycles. The summed E-state index contributed by atoms with van der Waals surface area (Å²) in [7, 11) is 0. The maximum Gasteiger partial charge on any atom is 0.0976 e. The van der Waals surface area contributed by atoms with Gasteiger partial charge in [0.25, 0.3) is 0 Å². The first-order valence-corrected chi connectivity index (χ1v) is 7.75. The molecule has 1 fully saturated rings. The molecule has 1 saturated carbocycles. The number of benzene rings is 1. The number of nitrogens with two attached hydrogens (primary N) is 1. The van der Waals surface area contributed by atoms with Crippen LogP contribution in [0.15, 0.2) is 29.3 Å². The molecule has 2 N–H and O–H groups in total. The SMILES string of the molecule is NC(=NC1CCCc2ccccc21)C1CCCCC1. The molecule has 102 valence electrons. The molecule has 3 rings (SSSR count). The van der Waals surface area contributed by atoms with Gasteiger partial charge in [-0.3, -0.25) is 4.99 Å². The predicted octanol–water partition coefficient (Wildman–Crippen LogP) is 4.00. The number of amidine groups is 1. The summed E-state index contributed by atoms with van der Waals surface area (Å²) >= 11 is 0. The number of hydrogen-bond donors (Lipinski definition) is 1. The Balaban J connectivity index is 1.79. The van der Waals surface area contributed by atoms with Crippen molar-refractivity contribution in [1.29, 1.82) is 0 Å². The Labute approximate surface area is 116 Å². The van der Waals surface area contributed by atoms with Crippen LogP contribution in [0.1, 0.15) is 62.1 Å². The van der Waals surface area contributed by atoms with E-state index in [4.69, 9.17) is 10.7 Å². The summed E-state index contributed by atoms with van der Waals surface area (Å²) in [4.78, 5) is 4.90. The topological polar surface area (TPSA) is 38.4 Å². The van der Waals surface area contributed by atoms with Gasteiger partial charge in [-0.15, -0.1) is 0 Å². The van der Waals surface area contributed by atoms with Crippen LogP contribution < -0.4 is 5.73 Å². The highest BCUT2D eigenvalue weighted by Crippen LogP contribution is 2.33. The fourth-order valence-corrected chi connectivity index (χ4v) is 3.55. The molecule has 1 aromatic carbocycles. The zero-order valence-corrected chi connectivity index (χ0v) is 11.6. The molecule has 2 nitrogen and oxygen atoms in total. The lowest BCUT2D eigenvalue weighted by molar-refractivity contribution is 0.433. The highest BCUT2D eigenvalue weighted by Gasteiger charge is 2.22. The van der Waals surface area contributed by atoms with E-state index in [0.29, 0.717) is 12.0 Å². The van der Waals surface area contributed by atoms with Crippen LogP contribution in [0.3, 0.4) is 0 Å². The van der Waals surface area contributed by atoms with E-state index in [9.17, 15) is 0 Å². The van der Waals surface area contributed by atoms with Crippen molar-refractivity contribution in [3.8, 4) is 0 Å². The van der Waals surface area contributed by atoms with E-state index < -0.39 is 0 Å². The Morgan fingerprint density at radius 2 is 1.79 bits per heavy atom. The maximum atomic E-state index is 6.29. The van der Waals surface area contributed by atoms with Crippen molar-refractivity contribution in [2.45, 2.75) is 57.4 Å². The molecule has 1 atom stereocenters. The first-order chi connectivity index (χ1) is 9.34. The quantitative estimate of drug-likeness (QED) is 0.630. The summed E-state index contributed by atoms with van der Waals surface area (Å²) in [6, 6.07) is 9.05. The van der Waals surface area contributed by atoms with Gasteiger partial charge in [0.1, 0.15) is 0 Å². The van der Waals surface area contributed by atoms with Gasteiger partial charge in [0.05, 0.1) is 11.9 Å². The maximum absolute atomic E-state index is 6.29. The van der Waals surface area contributed by atoms with Crippen LogP contribution in [0.5, 0.6) is 0 Å². The van der Waals surface area contributed by atoms with Crippen LogP contribution in [0.25, 0.3) is 0 Å². The van der Waals surface area contributed by atoms with E-state index in [-0.39, 0.29) is 0 Å². The largest absolute Gasteiger partial charge is 0.387 e. The monoisotopic (exact) mass is 256 g/mol. The molecule has 1 aromatic rings. The lowest BCUT2D eigenvalue weighted by Crippen LogP contribution is -2.27. The van der Waals surface area contributed by atoms with Crippen molar-refractivity contribution in [2.75, 3.05) is 0 Å².